The molecule has 27 heavy (non-hydrogen) atoms. The van der Waals surface area contributed by atoms with E-state index >= 15 is 0 Å². The van der Waals surface area contributed by atoms with Gasteiger partial charge in [0.2, 0.25) is 11.5 Å². The third-order valence-electron chi connectivity index (χ3n) is 4.45. The molecule has 0 aliphatic rings. The Labute approximate surface area is 159 Å². The lowest BCUT2D eigenvalue weighted by Crippen LogP contribution is -2.33. The molecule has 0 saturated carbocycles. The Hall–Kier alpha value is -3.12. The van der Waals surface area contributed by atoms with Gasteiger partial charge in [-0.05, 0) is 23.8 Å². The highest BCUT2D eigenvalue weighted by Crippen LogP contribution is 2.24. The molecule has 7 heteroatoms. The Morgan fingerprint density at radius 3 is 2.74 bits per heavy atom. The lowest BCUT2D eigenvalue weighted by atomic mass is 10.2. The van der Waals surface area contributed by atoms with E-state index in [0.29, 0.717) is 22.7 Å². The van der Waals surface area contributed by atoms with Gasteiger partial charge in [0.1, 0.15) is 17.6 Å². The quantitative estimate of drug-likeness (QED) is 0.543. The molecule has 0 saturated heterocycles. The highest BCUT2D eigenvalue weighted by molar-refractivity contribution is 6.31. The molecule has 136 valence electrons. The first-order chi connectivity index (χ1) is 13.0. The van der Waals surface area contributed by atoms with Gasteiger partial charge < -0.3 is 9.32 Å². The predicted octanol–water partition coefficient (Wildman–Crippen LogP) is 3.45. The minimum Gasteiger partial charge on any atom is -0.448 e. The molecular weight excluding hydrogens is 366 g/mol. The number of furan rings is 1. The van der Waals surface area contributed by atoms with Crippen molar-refractivity contribution < 1.29 is 9.21 Å². The first kappa shape index (κ1) is 17.3. The van der Waals surface area contributed by atoms with Crippen LogP contribution in [0.15, 0.2) is 64.1 Å². The monoisotopic (exact) mass is 381 g/mol. The fourth-order valence-electron chi connectivity index (χ4n) is 2.96. The van der Waals surface area contributed by atoms with Crippen LogP contribution < -0.4 is 5.56 Å². The summed E-state index contributed by atoms with van der Waals surface area (Å²) in [6, 6.07) is 14.7. The maximum Gasteiger partial charge on any atom is 0.297 e. The topological polar surface area (TPSA) is 68.3 Å². The molecule has 4 aromatic rings. The number of hydrogen-bond donors (Lipinski definition) is 0. The second-order valence-corrected chi connectivity index (χ2v) is 6.70. The second-order valence-electron chi connectivity index (χ2n) is 6.29. The number of amides is 1. The molecule has 0 radical (unpaired) electrons. The Morgan fingerprint density at radius 2 is 1.93 bits per heavy atom. The van der Waals surface area contributed by atoms with E-state index in [0.717, 1.165) is 10.9 Å². The van der Waals surface area contributed by atoms with Crippen LogP contribution in [0.25, 0.3) is 22.1 Å². The van der Waals surface area contributed by atoms with Crippen molar-refractivity contribution in [1.82, 2.24) is 14.5 Å². The highest BCUT2D eigenvalue weighted by Gasteiger charge is 2.16. The number of benzene rings is 2. The summed E-state index contributed by atoms with van der Waals surface area (Å²) in [5.74, 6) is -0.228. The Morgan fingerprint density at radius 1 is 1.19 bits per heavy atom. The van der Waals surface area contributed by atoms with E-state index in [9.17, 15) is 9.59 Å². The zero-order chi connectivity index (χ0) is 19.0. The van der Waals surface area contributed by atoms with Gasteiger partial charge in [0.15, 0.2) is 0 Å². The summed E-state index contributed by atoms with van der Waals surface area (Å²) in [7, 11) is 1.67. The average Bonchev–Trinajstić information content (AvgIpc) is 3.05. The van der Waals surface area contributed by atoms with Crippen LogP contribution in [0.3, 0.4) is 0 Å². The van der Waals surface area contributed by atoms with Crippen molar-refractivity contribution in [3.05, 3.63) is 75.8 Å². The molecule has 0 unspecified atom stereocenters. The molecule has 0 bridgehead atoms. The predicted molar refractivity (Wildman–Crippen MR) is 104 cm³/mol. The lowest BCUT2D eigenvalue weighted by molar-refractivity contribution is -0.131. The van der Waals surface area contributed by atoms with Crippen molar-refractivity contribution in [3.8, 4) is 0 Å². The molecule has 0 fully saturated rings. The van der Waals surface area contributed by atoms with Crippen molar-refractivity contribution in [2.45, 2.75) is 13.1 Å². The Bertz CT molecular complexity index is 1210. The first-order valence-corrected chi connectivity index (χ1v) is 8.76. The van der Waals surface area contributed by atoms with Gasteiger partial charge in [-0.25, -0.2) is 4.98 Å². The minimum absolute atomic E-state index is 0.125. The summed E-state index contributed by atoms with van der Waals surface area (Å²) in [4.78, 5) is 31.1. The maximum absolute atomic E-state index is 12.7. The summed E-state index contributed by atoms with van der Waals surface area (Å²) >= 11 is 6.15. The molecule has 4 rings (SSSR count). The van der Waals surface area contributed by atoms with Crippen molar-refractivity contribution in [2.24, 2.45) is 0 Å². The fourth-order valence-corrected chi connectivity index (χ4v) is 3.16. The maximum atomic E-state index is 12.7. The van der Waals surface area contributed by atoms with Gasteiger partial charge in [-0.2, -0.15) is 0 Å². The average molecular weight is 382 g/mol. The summed E-state index contributed by atoms with van der Waals surface area (Å²) in [5.41, 5.74) is 1.71. The van der Waals surface area contributed by atoms with Crippen LogP contribution in [0.1, 0.15) is 5.56 Å². The summed E-state index contributed by atoms with van der Waals surface area (Å²) < 4.78 is 6.90. The smallest absolute Gasteiger partial charge is 0.297 e. The first-order valence-electron chi connectivity index (χ1n) is 8.38. The van der Waals surface area contributed by atoms with Gasteiger partial charge in [-0.1, -0.05) is 41.9 Å². The normalized spacial score (nSPS) is 11.2. The largest absolute Gasteiger partial charge is 0.448 e. The molecule has 0 atom stereocenters. The van der Waals surface area contributed by atoms with Gasteiger partial charge >= 0.3 is 0 Å². The number of likely N-dealkylation sites (N-methyl/N-ethyl adjacent to an activating group) is 1. The van der Waals surface area contributed by atoms with E-state index in [4.69, 9.17) is 16.0 Å². The van der Waals surface area contributed by atoms with Gasteiger partial charge in [-0.3, -0.25) is 14.2 Å². The van der Waals surface area contributed by atoms with Gasteiger partial charge in [0.05, 0.1) is 6.33 Å². The van der Waals surface area contributed by atoms with Crippen molar-refractivity contribution in [2.75, 3.05) is 7.05 Å². The number of carbonyl (C=O) groups excluding carboxylic acids is 1. The summed E-state index contributed by atoms with van der Waals surface area (Å²) in [6.07, 6.45) is 1.38. The molecule has 0 N–H and O–H groups in total. The lowest BCUT2D eigenvalue weighted by Gasteiger charge is -2.18. The molecule has 6 nitrogen and oxygen atoms in total. The molecule has 0 spiro atoms. The molecule has 2 heterocycles. The van der Waals surface area contributed by atoms with Crippen LogP contribution in [0, 0.1) is 0 Å². The number of nitrogens with zero attached hydrogens (tertiary/aromatic N) is 3. The van der Waals surface area contributed by atoms with Crippen LogP contribution >= 0.6 is 11.6 Å². The van der Waals surface area contributed by atoms with Gasteiger partial charge in [0, 0.05) is 24.0 Å². The SMILES string of the molecule is CN(Cc1ccccc1Cl)C(=O)Cn1cnc2c(oc3ccccc32)c1=O. The Balaban J connectivity index is 1.60. The van der Waals surface area contributed by atoms with E-state index in [1.807, 2.05) is 36.4 Å². The van der Waals surface area contributed by atoms with Gasteiger partial charge in [-0.15, -0.1) is 0 Å². The van der Waals surface area contributed by atoms with Crippen molar-refractivity contribution in [1.29, 1.82) is 0 Å². The third kappa shape index (κ3) is 3.19. The van der Waals surface area contributed by atoms with Crippen molar-refractivity contribution >= 4 is 39.6 Å². The summed E-state index contributed by atoms with van der Waals surface area (Å²) in [5, 5.41) is 1.37. The number of rotatable bonds is 4. The number of halogens is 1. The molecule has 2 aromatic heterocycles. The zero-order valence-corrected chi connectivity index (χ0v) is 15.3. The number of para-hydroxylation sites is 1. The third-order valence-corrected chi connectivity index (χ3v) is 4.82. The van der Waals surface area contributed by atoms with Crippen LogP contribution in [0.4, 0.5) is 0 Å². The van der Waals surface area contributed by atoms with Gasteiger partial charge in [0.25, 0.3) is 5.56 Å². The number of hydrogen-bond acceptors (Lipinski definition) is 4. The van der Waals surface area contributed by atoms with E-state index in [1.165, 1.54) is 15.8 Å². The van der Waals surface area contributed by atoms with E-state index in [1.54, 1.807) is 19.2 Å². The van der Waals surface area contributed by atoms with E-state index in [-0.39, 0.29) is 23.6 Å². The zero-order valence-electron chi connectivity index (χ0n) is 14.6. The Kier molecular flexibility index (Phi) is 4.41. The van der Waals surface area contributed by atoms with E-state index < -0.39 is 0 Å². The number of aromatic nitrogens is 2. The number of fused-ring (bicyclic) bond motifs is 3. The molecule has 2 aromatic carbocycles. The summed E-state index contributed by atoms with van der Waals surface area (Å²) in [6.45, 7) is 0.230. The number of carbonyl (C=O) groups is 1. The molecule has 1 amide bonds. The molecular formula is C20H16ClN3O3. The van der Waals surface area contributed by atoms with Crippen molar-refractivity contribution in [3.63, 3.8) is 0 Å². The van der Waals surface area contributed by atoms with Crippen LogP contribution in [-0.2, 0) is 17.9 Å². The van der Waals surface area contributed by atoms with E-state index in [2.05, 4.69) is 4.98 Å². The van der Waals surface area contributed by atoms with Crippen LogP contribution in [0.5, 0.6) is 0 Å². The second kappa shape index (κ2) is 6.89. The molecule has 0 aliphatic heterocycles. The van der Waals surface area contributed by atoms with Crippen LogP contribution in [0.2, 0.25) is 5.02 Å². The fraction of sp³-hybridized carbons (Fsp3) is 0.150. The standard InChI is InChI=1S/C20H16ClN3O3/c1-23(10-13-6-2-4-8-15(13)21)17(25)11-24-12-22-18-14-7-3-5-9-16(14)27-19(18)20(24)26/h2-9,12H,10-11H2,1H3. The highest BCUT2D eigenvalue weighted by atomic mass is 35.5. The van der Waals surface area contributed by atoms with Crippen LogP contribution in [-0.4, -0.2) is 27.4 Å². The minimum atomic E-state index is -0.379. The molecule has 0 aliphatic carbocycles.